The van der Waals surface area contributed by atoms with Crippen molar-refractivity contribution in [1.82, 2.24) is 9.97 Å². The molecule has 0 bridgehead atoms. The molecule has 0 aliphatic carbocycles. The summed E-state index contributed by atoms with van der Waals surface area (Å²) < 4.78 is 0. The van der Waals surface area contributed by atoms with Gasteiger partial charge in [-0.2, -0.15) is 0 Å². The van der Waals surface area contributed by atoms with E-state index in [2.05, 4.69) is 9.97 Å². The first-order chi connectivity index (χ1) is 14.5. The summed E-state index contributed by atoms with van der Waals surface area (Å²) in [4.78, 5) is 35.9. The second-order valence-corrected chi connectivity index (χ2v) is 8.09. The fourth-order valence-corrected chi connectivity index (χ4v) is 4.45. The lowest BCUT2D eigenvalue weighted by molar-refractivity contribution is -0.117. The van der Waals surface area contributed by atoms with E-state index in [0.29, 0.717) is 16.0 Å². The van der Waals surface area contributed by atoms with E-state index in [4.69, 9.17) is 0 Å². The number of nitrogens with zero attached hydrogens (tertiary/aromatic N) is 2. The molecule has 30 heavy (non-hydrogen) atoms. The number of thiophene rings is 1. The number of aliphatic hydroxyl groups is 1. The predicted molar refractivity (Wildman–Crippen MR) is 116 cm³/mol. The SMILES string of the molecule is Cc1ccc2nc(N3C(=O)C(O)=C(C(=O)c4cccs4)C3c3ccccc3)[nH]c2c1. The Balaban J connectivity index is 1.68. The van der Waals surface area contributed by atoms with E-state index in [0.717, 1.165) is 11.1 Å². The number of aliphatic hydroxyl groups excluding tert-OH is 1. The highest BCUT2D eigenvalue weighted by Crippen LogP contribution is 2.41. The van der Waals surface area contributed by atoms with Gasteiger partial charge < -0.3 is 10.1 Å². The Labute approximate surface area is 176 Å². The third-order valence-corrected chi connectivity index (χ3v) is 6.03. The van der Waals surface area contributed by atoms with Crippen LogP contribution in [0, 0.1) is 6.92 Å². The Morgan fingerprint density at radius 1 is 1.13 bits per heavy atom. The molecule has 0 saturated heterocycles. The number of nitrogens with one attached hydrogen (secondary N) is 1. The molecule has 6 nitrogen and oxygen atoms in total. The maximum absolute atomic E-state index is 13.2. The van der Waals surface area contributed by atoms with Crippen LogP contribution in [0.4, 0.5) is 5.95 Å². The summed E-state index contributed by atoms with van der Waals surface area (Å²) in [5.74, 6) is -1.27. The molecule has 4 aromatic rings. The molecule has 1 unspecified atom stereocenters. The van der Waals surface area contributed by atoms with Crippen molar-refractivity contribution in [3.63, 3.8) is 0 Å². The van der Waals surface area contributed by atoms with Crippen LogP contribution >= 0.6 is 11.3 Å². The van der Waals surface area contributed by atoms with Crippen molar-refractivity contribution >= 4 is 40.0 Å². The highest BCUT2D eigenvalue weighted by molar-refractivity contribution is 7.12. The Morgan fingerprint density at radius 3 is 2.67 bits per heavy atom. The molecule has 2 aromatic heterocycles. The highest BCUT2D eigenvalue weighted by Gasteiger charge is 2.46. The summed E-state index contributed by atoms with van der Waals surface area (Å²) in [6.07, 6.45) is 0. The van der Waals surface area contributed by atoms with Crippen LogP contribution in [0.5, 0.6) is 0 Å². The van der Waals surface area contributed by atoms with Crippen molar-refractivity contribution in [3.8, 4) is 0 Å². The number of amides is 1. The quantitative estimate of drug-likeness (QED) is 0.473. The Bertz CT molecular complexity index is 1310. The maximum Gasteiger partial charge on any atom is 0.296 e. The van der Waals surface area contributed by atoms with Gasteiger partial charge in [-0.05, 0) is 41.6 Å². The number of fused-ring (bicyclic) bond motifs is 1. The third-order valence-electron chi connectivity index (χ3n) is 5.17. The minimum absolute atomic E-state index is 0.0605. The number of rotatable bonds is 4. The number of benzene rings is 2. The number of hydrogen-bond donors (Lipinski definition) is 2. The van der Waals surface area contributed by atoms with Gasteiger partial charge in [0.2, 0.25) is 11.7 Å². The summed E-state index contributed by atoms with van der Waals surface area (Å²) in [5, 5.41) is 12.5. The largest absolute Gasteiger partial charge is 0.503 e. The number of hydrogen-bond acceptors (Lipinski definition) is 5. The number of aryl methyl sites for hydroxylation is 1. The Morgan fingerprint density at radius 2 is 1.93 bits per heavy atom. The Kier molecular flexibility index (Phi) is 4.25. The lowest BCUT2D eigenvalue weighted by atomic mass is 9.95. The molecule has 1 atom stereocenters. The molecule has 7 heteroatoms. The molecule has 0 radical (unpaired) electrons. The molecule has 2 N–H and O–H groups in total. The minimum atomic E-state index is -0.782. The van der Waals surface area contributed by atoms with Crippen LogP contribution in [0.1, 0.15) is 26.8 Å². The van der Waals surface area contributed by atoms with Crippen molar-refractivity contribution in [1.29, 1.82) is 0 Å². The van der Waals surface area contributed by atoms with E-state index >= 15 is 0 Å². The number of Topliss-reactive ketones (excluding diaryl/α,β-unsaturated/α-hetero) is 1. The number of H-pyrrole nitrogens is 1. The summed E-state index contributed by atoms with van der Waals surface area (Å²) in [6, 6.07) is 17.6. The number of ketones is 1. The fourth-order valence-electron chi connectivity index (χ4n) is 3.77. The van der Waals surface area contributed by atoms with E-state index in [1.807, 2.05) is 55.5 Å². The lowest BCUT2D eigenvalue weighted by Crippen LogP contribution is -2.31. The molecule has 0 fully saturated rings. The number of aromatic amines is 1. The zero-order chi connectivity index (χ0) is 20.8. The normalized spacial score (nSPS) is 16.6. The first-order valence-corrected chi connectivity index (χ1v) is 10.3. The van der Waals surface area contributed by atoms with Crippen LogP contribution in [0.2, 0.25) is 0 Å². The molecule has 0 saturated carbocycles. The number of carbonyl (C=O) groups is 2. The summed E-state index contributed by atoms with van der Waals surface area (Å²) in [6.45, 7) is 1.97. The van der Waals surface area contributed by atoms with Gasteiger partial charge in [-0.3, -0.25) is 14.5 Å². The summed E-state index contributed by atoms with van der Waals surface area (Å²) in [7, 11) is 0. The van der Waals surface area contributed by atoms with Crippen LogP contribution in [-0.4, -0.2) is 26.8 Å². The van der Waals surface area contributed by atoms with Gasteiger partial charge in [0.1, 0.15) is 0 Å². The van der Waals surface area contributed by atoms with E-state index in [9.17, 15) is 14.7 Å². The molecule has 1 aliphatic heterocycles. The van der Waals surface area contributed by atoms with Gasteiger partial charge in [-0.1, -0.05) is 42.5 Å². The van der Waals surface area contributed by atoms with Crippen LogP contribution in [-0.2, 0) is 4.79 Å². The van der Waals surface area contributed by atoms with Crippen LogP contribution in [0.15, 0.2) is 77.4 Å². The molecular formula is C23H17N3O3S. The van der Waals surface area contributed by atoms with Crippen molar-refractivity contribution in [3.05, 3.63) is 93.4 Å². The zero-order valence-corrected chi connectivity index (χ0v) is 16.8. The van der Waals surface area contributed by atoms with E-state index in [1.165, 1.54) is 16.2 Å². The summed E-state index contributed by atoms with van der Waals surface area (Å²) >= 11 is 1.27. The summed E-state index contributed by atoms with van der Waals surface area (Å²) in [5.41, 5.74) is 3.31. The van der Waals surface area contributed by atoms with E-state index < -0.39 is 17.7 Å². The van der Waals surface area contributed by atoms with Crippen LogP contribution in [0.3, 0.4) is 0 Å². The third kappa shape index (κ3) is 2.83. The number of imidazole rings is 1. The molecule has 1 aliphatic rings. The van der Waals surface area contributed by atoms with Crippen molar-refractivity contribution in [2.45, 2.75) is 13.0 Å². The average molecular weight is 415 g/mol. The number of carbonyl (C=O) groups excluding carboxylic acids is 2. The number of aromatic nitrogens is 2. The second kappa shape index (κ2) is 6.96. The van der Waals surface area contributed by atoms with E-state index in [1.54, 1.807) is 17.5 Å². The molecule has 148 valence electrons. The molecular weight excluding hydrogens is 398 g/mol. The van der Waals surface area contributed by atoms with Gasteiger partial charge in [-0.15, -0.1) is 11.3 Å². The number of anilines is 1. The Hall–Kier alpha value is -3.71. The average Bonchev–Trinajstić information content (AvgIpc) is 3.47. The topological polar surface area (TPSA) is 86.3 Å². The molecule has 2 aromatic carbocycles. The predicted octanol–water partition coefficient (Wildman–Crippen LogP) is 4.72. The lowest BCUT2D eigenvalue weighted by Gasteiger charge is -2.24. The van der Waals surface area contributed by atoms with Gasteiger partial charge in [-0.25, -0.2) is 4.98 Å². The van der Waals surface area contributed by atoms with Gasteiger partial charge in [0, 0.05) is 0 Å². The standard InChI is InChI=1S/C23H17N3O3S/c1-13-9-10-15-16(12-13)25-23(24-15)26-19(14-6-3-2-4-7-14)18(21(28)22(26)29)20(27)17-8-5-11-30-17/h2-12,19,28H,1H3,(H,24,25). The highest BCUT2D eigenvalue weighted by atomic mass is 32.1. The van der Waals surface area contributed by atoms with Crippen molar-refractivity contribution in [2.75, 3.05) is 4.90 Å². The zero-order valence-electron chi connectivity index (χ0n) is 16.0. The minimum Gasteiger partial charge on any atom is -0.503 e. The maximum atomic E-state index is 13.2. The van der Waals surface area contributed by atoms with Gasteiger partial charge in [0.25, 0.3) is 5.91 Å². The molecule has 3 heterocycles. The molecule has 0 spiro atoms. The van der Waals surface area contributed by atoms with Crippen LogP contribution in [0.25, 0.3) is 11.0 Å². The van der Waals surface area contributed by atoms with E-state index in [-0.39, 0.29) is 17.3 Å². The van der Waals surface area contributed by atoms with Gasteiger partial charge in [0.05, 0.1) is 27.5 Å². The first kappa shape index (κ1) is 18.3. The van der Waals surface area contributed by atoms with Gasteiger partial charge >= 0.3 is 0 Å². The van der Waals surface area contributed by atoms with Crippen molar-refractivity contribution in [2.24, 2.45) is 0 Å². The smallest absolute Gasteiger partial charge is 0.296 e. The second-order valence-electron chi connectivity index (χ2n) is 7.14. The fraction of sp³-hybridized carbons (Fsp3) is 0.0870. The van der Waals surface area contributed by atoms with Crippen molar-refractivity contribution < 1.29 is 14.7 Å². The molecule has 1 amide bonds. The van der Waals surface area contributed by atoms with Crippen LogP contribution < -0.4 is 4.90 Å². The molecule has 5 rings (SSSR count). The monoisotopic (exact) mass is 415 g/mol. The van der Waals surface area contributed by atoms with Gasteiger partial charge in [0.15, 0.2) is 5.76 Å². The first-order valence-electron chi connectivity index (χ1n) is 9.41.